The molecule has 20 heavy (non-hydrogen) atoms. The van der Waals surface area contributed by atoms with Gasteiger partial charge in [-0.3, -0.25) is 4.79 Å². The molecule has 0 bridgehead atoms. The highest BCUT2D eigenvalue weighted by Crippen LogP contribution is 2.50. The molecular formula is C17H24O3. The number of aliphatic carboxylic acids is 1. The minimum atomic E-state index is -0.657. The standard InChI is InChI=1S/C17H24O3/c1-11-9-13(10-17(2,3)15(11)16(18)19)12-5-7-14(20-4)8-6-12/h5-8,11,13,15H,9-10H2,1-4H3,(H,18,19)/t11-,13-,15+/m1/s1. The van der Waals surface area contributed by atoms with Gasteiger partial charge in [-0.1, -0.05) is 32.9 Å². The van der Waals surface area contributed by atoms with Crippen LogP contribution < -0.4 is 4.74 Å². The second-order valence-electron chi connectivity index (χ2n) is 6.69. The van der Waals surface area contributed by atoms with E-state index < -0.39 is 5.97 Å². The zero-order valence-electron chi connectivity index (χ0n) is 12.7. The van der Waals surface area contributed by atoms with E-state index in [-0.39, 0.29) is 17.3 Å². The molecule has 3 heteroatoms. The minimum absolute atomic E-state index is 0.173. The van der Waals surface area contributed by atoms with Gasteiger partial charge in [-0.15, -0.1) is 0 Å². The van der Waals surface area contributed by atoms with Crippen molar-refractivity contribution in [3.8, 4) is 5.75 Å². The smallest absolute Gasteiger partial charge is 0.307 e. The molecule has 0 radical (unpaired) electrons. The summed E-state index contributed by atoms with van der Waals surface area (Å²) < 4.78 is 5.19. The Morgan fingerprint density at radius 1 is 1.30 bits per heavy atom. The van der Waals surface area contributed by atoms with E-state index in [9.17, 15) is 9.90 Å². The van der Waals surface area contributed by atoms with Gasteiger partial charge in [0, 0.05) is 0 Å². The molecule has 3 nitrogen and oxygen atoms in total. The Balaban J connectivity index is 2.21. The predicted molar refractivity (Wildman–Crippen MR) is 79.0 cm³/mol. The van der Waals surface area contributed by atoms with Crippen LogP contribution in [0.25, 0.3) is 0 Å². The number of carboxylic acid groups (broad SMARTS) is 1. The van der Waals surface area contributed by atoms with Crippen LogP contribution in [0.15, 0.2) is 24.3 Å². The van der Waals surface area contributed by atoms with Gasteiger partial charge in [-0.05, 0) is 47.8 Å². The Hall–Kier alpha value is -1.51. The summed E-state index contributed by atoms with van der Waals surface area (Å²) in [6.07, 6.45) is 1.85. The van der Waals surface area contributed by atoms with Gasteiger partial charge in [0.1, 0.15) is 5.75 Å². The van der Waals surface area contributed by atoms with Crippen molar-refractivity contribution in [1.29, 1.82) is 0 Å². The van der Waals surface area contributed by atoms with Crippen LogP contribution in [0.3, 0.4) is 0 Å². The second kappa shape index (κ2) is 5.47. The van der Waals surface area contributed by atoms with Gasteiger partial charge in [0.05, 0.1) is 13.0 Å². The molecule has 0 amide bonds. The van der Waals surface area contributed by atoms with E-state index in [0.717, 1.165) is 18.6 Å². The van der Waals surface area contributed by atoms with Crippen molar-refractivity contribution in [1.82, 2.24) is 0 Å². The first-order chi connectivity index (χ1) is 9.35. The lowest BCUT2D eigenvalue weighted by Crippen LogP contribution is -2.41. The maximum Gasteiger partial charge on any atom is 0.307 e. The SMILES string of the molecule is COc1ccc([C@@H]2C[C@@H](C)[C@@H](C(=O)O)C(C)(C)C2)cc1. The fraction of sp³-hybridized carbons (Fsp3) is 0.588. The summed E-state index contributed by atoms with van der Waals surface area (Å²) in [6.45, 7) is 6.23. The van der Waals surface area contributed by atoms with E-state index >= 15 is 0 Å². The Morgan fingerprint density at radius 2 is 1.90 bits per heavy atom. The average Bonchev–Trinajstić information content (AvgIpc) is 2.36. The van der Waals surface area contributed by atoms with Crippen LogP contribution in [0.4, 0.5) is 0 Å². The van der Waals surface area contributed by atoms with Gasteiger partial charge in [-0.2, -0.15) is 0 Å². The quantitative estimate of drug-likeness (QED) is 0.909. The Bertz CT molecular complexity index is 476. The molecule has 1 fully saturated rings. The van der Waals surface area contributed by atoms with Crippen molar-refractivity contribution in [2.24, 2.45) is 17.3 Å². The molecule has 0 spiro atoms. The predicted octanol–water partition coefficient (Wildman–Crippen LogP) is 3.94. The van der Waals surface area contributed by atoms with Crippen LogP contribution in [0.1, 0.15) is 45.1 Å². The molecule has 1 aromatic carbocycles. The first kappa shape index (κ1) is 14.9. The number of methoxy groups -OCH3 is 1. The highest BCUT2D eigenvalue weighted by molar-refractivity contribution is 5.71. The third-order valence-corrected chi connectivity index (χ3v) is 4.69. The van der Waals surface area contributed by atoms with Crippen LogP contribution in [-0.2, 0) is 4.79 Å². The number of benzene rings is 1. The molecule has 1 saturated carbocycles. The molecule has 1 aliphatic rings. The lowest BCUT2D eigenvalue weighted by molar-refractivity contribution is -0.151. The van der Waals surface area contributed by atoms with Gasteiger partial charge in [-0.25, -0.2) is 0 Å². The number of ether oxygens (including phenoxy) is 1. The number of carboxylic acids is 1. The van der Waals surface area contributed by atoms with Gasteiger partial charge in [0.25, 0.3) is 0 Å². The molecule has 0 saturated heterocycles. The highest BCUT2D eigenvalue weighted by atomic mass is 16.5. The zero-order valence-corrected chi connectivity index (χ0v) is 12.7. The summed E-state index contributed by atoms with van der Waals surface area (Å²) in [4.78, 5) is 11.5. The summed E-state index contributed by atoms with van der Waals surface area (Å²) in [7, 11) is 1.66. The van der Waals surface area contributed by atoms with Crippen LogP contribution in [0, 0.1) is 17.3 Å². The monoisotopic (exact) mass is 276 g/mol. The molecule has 0 aliphatic heterocycles. The molecule has 0 heterocycles. The largest absolute Gasteiger partial charge is 0.497 e. The summed E-state index contributed by atoms with van der Waals surface area (Å²) in [5.41, 5.74) is 1.11. The molecule has 0 aromatic heterocycles. The normalized spacial score (nSPS) is 28.9. The first-order valence-electron chi connectivity index (χ1n) is 7.22. The molecule has 2 rings (SSSR count). The number of hydrogen-bond acceptors (Lipinski definition) is 2. The van der Waals surface area contributed by atoms with E-state index in [0.29, 0.717) is 5.92 Å². The van der Waals surface area contributed by atoms with Gasteiger partial charge in [0.2, 0.25) is 0 Å². The molecule has 1 aromatic rings. The lowest BCUT2D eigenvalue weighted by atomic mass is 9.59. The molecule has 110 valence electrons. The van der Waals surface area contributed by atoms with Crippen molar-refractivity contribution in [2.45, 2.75) is 39.5 Å². The summed E-state index contributed by atoms with van der Waals surface area (Å²) >= 11 is 0. The summed E-state index contributed by atoms with van der Waals surface area (Å²) in [6, 6.07) is 8.17. The number of carbonyl (C=O) groups is 1. The summed E-state index contributed by atoms with van der Waals surface area (Å²) in [5.74, 6) is 0.581. The zero-order chi connectivity index (χ0) is 14.9. The van der Waals surface area contributed by atoms with E-state index in [1.807, 2.05) is 12.1 Å². The van der Waals surface area contributed by atoms with E-state index in [2.05, 4.69) is 32.9 Å². The average molecular weight is 276 g/mol. The highest BCUT2D eigenvalue weighted by Gasteiger charge is 2.45. The van der Waals surface area contributed by atoms with Crippen molar-refractivity contribution in [3.05, 3.63) is 29.8 Å². The maximum absolute atomic E-state index is 11.5. The Morgan fingerprint density at radius 3 is 2.35 bits per heavy atom. The van der Waals surface area contributed by atoms with E-state index in [4.69, 9.17) is 4.74 Å². The van der Waals surface area contributed by atoms with Crippen LogP contribution in [0.2, 0.25) is 0 Å². The molecule has 0 unspecified atom stereocenters. The van der Waals surface area contributed by atoms with Gasteiger partial charge < -0.3 is 9.84 Å². The van der Waals surface area contributed by atoms with Gasteiger partial charge >= 0.3 is 5.97 Å². The van der Waals surface area contributed by atoms with Crippen LogP contribution in [-0.4, -0.2) is 18.2 Å². The summed E-state index contributed by atoms with van der Waals surface area (Å²) in [5, 5.41) is 9.45. The molecule has 1 aliphatic carbocycles. The molecule has 3 atom stereocenters. The molecule has 1 N–H and O–H groups in total. The van der Waals surface area contributed by atoms with Gasteiger partial charge in [0.15, 0.2) is 0 Å². The Labute approximate surface area is 121 Å². The third kappa shape index (κ3) is 2.82. The number of rotatable bonds is 3. The van der Waals surface area contributed by atoms with Crippen molar-refractivity contribution < 1.29 is 14.6 Å². The third-order valence-electron chi connectivity index (χ3n) is 4.69. The second-order valence-corrected chi connectivity index (χ2v) is 6.69. The fourth-order valence-corrected chi connectivity index (χ4v) is 3.91. The van der Waals surface area contributed by atoms with Crippen molar-refractivity contribution in [2.75, 3.05) is 7.11 Å². The number of hydrogen-bond donors (Lipinski definition) is 1. The minimum Gasteiger partial charge on any atom is -0.497 e. The van der Waals surface area contributed by atoms with Crippen LogP contribution >= 0.6 is 0 Å². The van der Waals surface area contributed by atoms with Crippen molar-refractivity contribution >= 4 is 5.97 Å². The van der Waals surface area contributed by atoms with E-state index in [1.54, 1.807) is 7.11 Å². The first-order valence-corrected chi connectivity index (χ1v) is 7.22. The topological polar surface area (TPSA) is 46.5 Å². The van der Waals surface area contributed by atoms with Crippen LogP contribution in [0.5, 0.6) is 5.75 Å². The van der Waals surface area contributed by atoms with Crippen molar-refractivity contribution in [3.63, 3.8) is 0 Å². The Kier molecular flexibility index (Phi) is 4.07. The molecular weight excluding hydrogens is 252 g/mol. The lowest BCUT2D eigenvalue weighted by Gasteiger charge is -2.44. The maximum atomic E-state index is 11.5. The van der Waals surface area contributed by atoms with E-state index in [1.165, 1.54) is 5.56 Å². The fourth-order valence-electron chi connectivity index (χ4n) is 3.91.